The lowest BCUT2D eigenvalue weighted by Crippen LogP contribution is -2.42. The van der Waals surface area contributed by atoms with Gasteiger partial charge in [0, 0.05) is 13.1 Å². The van der Waals surface area contributed by atoms with Crippen LogP contribution in [0.1, 0.15) is 40.5 Å². The van der Waals surface area contributed by atoms with E-state index < -0.39 is 0 Å². The van der Waals surface area contributed by atoms with Gasteiger partial charge in [-0.25, -0.2) is 0 Å². The highest BCUT2D eigenvalue weighted by atomic mass is 32.1. The Morgan fingerprint density at radius 1 is 1.11 bits per heavy atom. The summed E-state index contributed by atoms with van der Waals surface area (Å²) < 4.78 is 0. The van der Waals surface area contributed by atoms with E-state index in [-0.39, 0.29) is 11.8 Å². The maximum atomic E-state index is 12.3. The van der Waals surface area contributed by atoms with Crippen molar-refractivity contribution in [2.75, 3.05) is 32.7 Å². The van der Waals surface area contributed by atoms with Crippen molar-refractivity contribution in [2.24, 2.45) is 11.7 Å². The summed E-state index contributed by atoms with van der Waals surface area (Å²) in [5, 5.41) is 0. The van der Waals surface area contributed by atoms with E-state index in [0.717, 1.165) is 39.1 Å². The van der Waals surface area contributed by atoms with Crippen LogP contribution in [0.15, 0.2) is 0 Å². The van der Waals surface area contributed by atoms with Crippen LogP contribution in [-0.2, 0) is 4.79 Å². The number of amides is 1. The van der Waals surface area contributed by atoms with Crippen molar-refractivity contribution >= 4 is 23.1 Å². The highest BCUT2D eigenvalue weighted by Gasteiger charge is 2.23. The zero-order valence-corrected chi connectivity index (χ0v) is 13.6. The summed E-state index contributed by atoms with van der Waals surface area (Å²) >= 11 is 4.97. The Morgan fingerprint density at radius 2 is 1.68 bits per heavy atom. The summed E-state index contributed by atoms with van der Waals surface area (Å²) in [6.07, 6.45) is 1.68. The lowest BCUT2D eigenvalue weighted by atomic mass is 10.0. The molecule has 0 aliphatic heterocycles. The molecule has 5 heteroatoms. The lowest BCUT2D eigenvalue weighted by molar-refractivity contribution is -0.133. The average molecular weight is 287 g/mol. The first kappa shape index (κ1) is 18.3. The molecule has 0 radical (unpaired) electrons. The van der Waals surface area contributed by atoms with Gasteiger partial charge in [-0.15, -0.1) is 0 Å². The molecule has 112 valence electrons. The van der Waals surface area contributed by atoms with Gasteiger partial charge in [0.2, 0.25) is 5.91 Å². The van der Waals surface area contributed by atoms with E-state index in [1.54, 1.807) is 0 Å². The molecule has 0 fully saturated rings. The van der Waals surface area contributed by atoms with Gasteiger partial charge in [0.15, 0.2) is 0 Å². The zero-order valence-electron chi connectivity index (χ0n) is 12.8. The Hall–Kier alpha value is -0.680. The van der Waals surface area contributed by atoms with Crippen molar-refractivity contribution in [3.8, 4) is 0 Å². The highest BCUT2D eigenvalue weighted by molar-refractivity contribution is 7.80. The van der Waals surface area contributed by atoms with Gasteiger partial charge < -0.3 is 15.5 Å². The van der Waals surface area contributed by atoms with Gasteiger partial charge in [-0.1, -0.05) is 33.0 Å². The van der Waals surface area contributed by atoms with Crippen molar-refractivity contribution in [2.45, 2.75) is 40.5 Å². The number of nitrogens with two attached hydrogens (primary N) is 1. The Kier molecular flexibility index (Phi) is 9.79. The second-order valence-corrected chi connectivity index (χ2v) is 5.13. The van der Waals surface area contributed by atoms with Gasteiger partial charge in [0.05, 0.1) is 10.9 Å². The monoisotopic (exact) mass is 287 g/mol. The molecule has 0 aromatic heterocycles. The summed E-state index contributed by atoms with van der Waals surface area (Å²) in [7, 11) is 0. The summed E-state index contributed by atoms with van der Waals surface area (Å²) in [6, 6.07) is 0. The first-order valence-electron chi connectivity index (χ1n) is 7.32. The number of rotatable bonds is 10. The van der Waals surface area contributed by atoms with Gasteiger partial charge in [0.1, 0.15) is 0 Å². The molecule has 1 amide bonds. The van der Waals surface area contributed by atoms with Crippen LogP contribution in [0.25, 0.3) is 0 Å². The molecule has 0 saturated heterocycles. The smallest absolute Gasteiger partial charge is 0.232 e. The molecule has 1 unspecified atom stereocenters. The van der Waals surface area contributed by atoms with E-state index in [1.165, 1.54) is 0 Å². The van der Waals surface area contributed by atoms with Gasteiger partial charge >= 0.3 is 0 Å². The number of thiocarbonyl (C=S) groups is 1. The van der Waals surface area contributed by atoms with Crippen molar-refractivity contribution in [1.29, 1.82) is 0 Å². The summed E-state index contributed by atoms with van der Waals surface area (Å²) in [5.41, 5.74) is 5.64. The minimum atomic E-state index is -0.302. The third-order valence-corrected chi connectivity index (χ3v) is 3.82. The summed E-state index contributed by atoms with van der Waals surface area (Å²) in [5.74, 6) is -0.222. The first-order valence-corrected chi connectivity index (χ1v) is 7.72. The lowest BCUT2D eigenvalue weighted by Gasteiger charge is -2.26. The molecule has 0 aliphatic rings. The van der Waals surface area contributed by atoms with E-state index in [0.29, 0.717) is 11.4 Å². The van der Waals surface area contributed by atoms with E-state index in [9.17, 15) is 4.79 Å². The summed E-state index contributed by atoms with van der Waals surface area (Å²) in [6.45, 7) is 12.9. The molecule has 4 nitrogen and oxygen atoms in total. The van der Waals surface area contributed by atoms with Gasteiger partial charge in [-0.2, -0.15) is 0 Å². The number of hydrogen-bond acceptors (Lipinski definition) is 3. The number of hydrogen-bond donors (Lipinski definition) is 1. The highest BCUT2D eigenvalue weighted by Crippen LogP contribution is 2.09. The predicted molar refractivity (Wildman–Crippen MR) is 85.2 cm³/mol. The number of carbonyl (C=O) groups is 1. The second-order valence-electron chi connectivity index (χ2n) is 4.66. The average Bonchev–Trinajstić information content (AvgIpc) is 2.39. The molecule has 0 spiro atoms. The maximum absolute atomic E-state index is 12.3. The Bertz CT molecular complexity index is 280. The molecule has 0 saturated carbocycles. The first-order chi connectivity index (χ1) is 9.01. The van der Waals surface area contributed by atoms with Crippen molar-refractivity contribution < 1.29 is 4.79 Å². The van der Waals surface area contributed by atoms with E-state index >= 15 is 0 Å². The van der Waals surface area contributed by atoms with Crippen LogP contribution in [0.5, 0.6) is 0 Å². The van der Waals surface area contributed by atoms with Crippen LogP contribution in [0.3, 0.4) is 0 Å². The third kappa shape index (κ3) is 6.34. The number of carbonyl (C=O) groups excluding carboxylic acids is 1. The Labute approximate surface area is 123 Å². The van der Waals surface area contributed by atoms with Crippen LogP contribution in [0, 0.1) is 5.92 Å². The molecular weight excluding hydrogens is 258 g/mol. The van der Waals surface area contributed by atoms with Crippen LogP contribution >= 0.6 is 12.2 Å². The molecule has 0 bridgehead atoms. The molecular formula is C14H29N3OS. The largest absolute Gasteiger partial charge is 0.393 e. The minimum Gasteiger partial charge on any atom is -0.393 e. The maximum Gasteiger partial charge on any atom is 0.232 e. The zero-order chi connectivity index (χ0) is 14.8. The molecule has 1 atom stereocenters. The van der Waals surface area contributed by atoms with E-state index in [1.807, 2.05) is 18.7 Å². The quantitative estimate of drug-likeness (QED) is 0.623. The van der Waals surface area contributed by atoms with Gasteiger partial charge in [-0.05, 0) is 39.4 Å². The molecule has 2 N–H and O–H groups in total. The van der Waals surface area contributed by atoms with Crippen LogP contribution < -0.4 is 5.73 Å². The minimum absolute atomic E-state index is 0.0806. The van der Waals surface area contributed by atoms with E-state index in [2.05, 4.69) is 18.7 Å². The fourth-order valence-corrected chi connectivity index (χ4v) is 2.43. The summed E-state index contributed by atoms with van der Waals surface area (Å²) in [4.78, 5) is 16.9. The van der Waals surface area contributed by atoms with Crippen molar-refractivity contribution in [1.82, 2.24) is 9.80 Å². The Balaban J connectivity index is 4.33. The molecule has 19 heavy (non-hydrogen) atoms. The number of nitrogens with zero attached hydrogens (tertiary/aromatic N) is 2. The SMILES string of the molecule is CCC(C(=O)N(CC)CCCN(CC)CC)C(N)=S. The predicted octanol–water partition coefficient (Wildman–Crippen LogP) is 1.88. The fraction of sp³-hybridized carbons (Fsp3) is 0.857. The fourth-order valence-electron chi connectivity index (χ4n) is 2.17. The third-order valence-electron chi connectivity index (χ3n) is 3.54. The van der Waals surface area contributed by atoms with Gasteiger partial charge in [-0.3, -0.25) is 4.79 Å². The molecule has 0 aromatic rings. The Morgan fingerprint density at radius 3 is 2.05 bits per heavy atom. The normalized spacial score (nSPS) is 12.5. The van der Waals surface area contributed by atoms with Crippen molar-refractivity contribution in [3.05, 3.63) is 0 Å². The van der Waals surface area contributed by atoms with Crippen LogP contribution in [-0.4, -0.2) is 53.4 Å². The van der Waals surface area contributed by atoms with Crippen LogP contribution in [0.2, 0.25) is 0 Å². The molecule has 0 aromatic carbocycles. The second kappa shape index (κ2) is 10.1. The van der Waals surface area contributed by atoms with Crippen LogP contribution in [0.4, 0.5) is 0 Å². The van der Waals surface area contributed by atoms with Crippen molar-refractivity contribution in [3.63, 3.8) is 0 Å². The molecule has 0 rings (SSSR count). The molecule has 0 aliphatic carbocycles. The molecule has 0 heterocycles. The topological polar surface area (TPSA) is 49.6 Å². The van der Waals surface area contributed by atoms with Gasteiger partial charge in [0.25, 0.3) is 0 Å². The van der Waals surface area contributed by atoms with E-state index in [4.69, 9.17) is 18.0 Å². The standard InChI is InChI=1S/C14H29N3OS/c1-5-12(13(15)19)14(18)17(8-4)11-9-10-16(6-2)7-3/h12H,5-11H2,1-4H3,(H2,15,19).